The van der Waals surface area contributed by atoms with Crippen molar-refractivity contribution in [3.8, 4) is 11.6 Å². The lowest BCUT2D eigenvalue weighted by Crippen LogP contribution is -1.86. The van der Waals surface area contributed by atoms with Crippen molar-refractivity contribution < 1.29 is 13.7 Å². The summed E-state index contributed by atoms with van der Waals surface area (Å²) < 4.78 is 24.2. The maximum atomic E-state index is 13.0. The third-order valence-electron chi connectivity index (χ3n) is 2.44. The van der Waals surface area contributed by atoms with Gasteiger partial charge in [-0.2, -0.15) is 0 Å². The van der Waals surface area contributed by atoms with Crippen LogP contribution in [-0.4, -0.2) is 5.16 Å². The zero-order valence-electron chi connectivity index (χ0n) is 9.06. The third-order valence-corrected chi connectivity index (χ3v) is 3.06. The highest BCUT2D eigenvalue weighted by Crippen LogP contribution is 2.33. The highest BCUT2D eigenvalue weighted by Gasteiger charge is 2.11. The molecule has 0 aliphatic rings. The lowest BCUT2D eigenvalue weighted by molar-refractivity contribution is 0.383. The molecule has 5 heteroatoms. The summed E-state index contributed by atoms with van der Waals surface area (Å²) in [4.78, 5) is 0. The molecule has 1 heterocycles. The van der Waals surface area contributed by atoms with Crippen molar-refractivity contribution in [1.82, 2.24) is 5.16 Å². The van der Waals surface area contributed by atoms with Crippen LogP contribution in [0, 0.1) is 5.82 Å². The summed E-state index contributed by atoms with van der Waals surface area (Å²) >= 11 is 3.23. The number of fused-ring (bicyclic) bond motifs is 1. The van der Waals surface area contributed by atoms with Crippen molar-refractivity contribution in [2.24, 2.45) is 0 Å². The van der Waals surface area contributed by atoms with Crippen molar-refractivity contribution in [1.29, 1.82) is 0 Å². The fraction of sp³-hybridized carbons (Fsp3) is 0. The van der Waals surface area contributed by atoms with Gasteiger partial charge in [0, 0.05) is 0 Å². The van der Waals surface area contributed by atoms with Crippen LogP contribution in [0.3, 0.4) is 0 Å². The average Bonchev–Trinajstić information content (AvgIpc) is 2.76. The molecule has 0 aliphatic carbocycles. The smallest absolute Gasteiger partial charge is 0.267 e. The molecule has 0 saturated heterocycles. The fourth-order valence-corrected chi connectivity index (χ4v) is 2.03. The molecular formula is C13H7BrFNO2. The molecule has 3 nitrogen and oxygen atoms in total. The number of benzene rings is 2. The fourth-order valence-electron chi connectivity index (χ4n) is 1.60. The third kappa shape index (κ3) is 1.97. The minimum Gasteiger partial charge on any atom is -0.435 e. The lowest BCUT2D eigenvalue weighted by Gasteiger charge is -2.04. The van der Waals surface area contributed by atoms with Crippen LogP contribution in [0.2, 0.25) is 0 Å². The summed E-state index contributed by atoms with van der Waals surface area (Å²) in [5.74, 6) is 0.507. The molecule has 0 fully saturated rings. The number of rotatable bonds is 2. The van der Waals surface area contributed by atoms with Gasteiger partial charge >= 0.3 is 0 Å². The first-order chi connectivity index (χ1) is 8.74. The van der Waals surface area contributed by atoms with Crippen LogP contribution in [-0.2, 0) is 0 Å². The maximum absolute atomic E-state index is 13.0. The van der Waals surface area contributed by atoms with E-state index in [1.807, 2.05) is 18.2 Å². The van der Waals surface area contributed by atoms with E-state index in [2.05, 4.69) is 21.1 Å². The number of hydrogen-bond donors (Lipinski definition) is 0. The van der Waals surface area contributed by atoms with Gasteiger partial charge in [-0.05, 0) is 51.4 Å². The quantitative estimate of drug-likeness (QED) is 0.698. The maximum Gasteiger partial charge on any atom is 0.267 e. The molecule has 0 aliphatic heterocycles. The second-order valence-corrected chi connectivity index (χ2v) is 4.52. The van der Waals surface area contributed by atoms with Crippen molar-refractivity contribution >= 4 is 26.9 Å². The molecule has 0 N–H and O–H groups in total. The second kappa shape index (κ2) is 4.42. The van der Waals surface area contributed by atoms with E-state index in [4.69, 9.17) is 9.26 Å². The minimum absolute atomic E-state index is 0.334. The molecule has 0 spiro atoms. The summed E-state index contributed by atoms with van der Waals surface area (Å²) in [7, 11) is 0. The van der Waals surface area contributed by atoms with E-state index in [9.17, 15) is 4.39 Å². The van der Waals surface area contributed by atoms with Gasteiger partial charge in [0.1, 0.15) is 11.6 Å². The molecule has 18 heavy (non-hydrogen) atoms. The van der Waals surface area contributed by atoms with Gasteiger partial charge in [-0.1, -0.05) is 12.1 Å². The molecule has 0 radical (unpaired) electrons. The number of nitrogens with zero attached hydrogens (tertiary/aromatic N) is 1. The van der Waals surface area contributed by atoms with Crippen molar-refractivity contribution in [3.63, 3.8) is 0 Å². The topological polar surface area (TPSA) is 35.3 Å². The SMILES string of the molecule is Fc1ccc(Oc2noc3ccccc23)c(Br)c1. The summed E-state index contributed by atoms with van der Waals surface area (Å²) in [5.41, 5.74) is 0.644. The molecule has 3 aromatic rings. The number of halogens is 2. The first-order valence-corrected chi connectivity index (χ1v) is 6.00. The van der Waals surface area contributed by atoms with E-state index in [1.54, 1.807) is 6.07 Å². The van der Waals surface area contributed by atoms with Crippen LogP contribution in [0.25, 0.3) is 11.0 Å². The predicted octanol–water partition coefficient (Wildman–Crippen LogP) is 4.52. The van der Waals surface area contributed by atoms with Crippen molar-refractivity contribution in [2.45, 2.75) is 0 Å². The van der Waals surface area contributed by atoms with Gasteiger partial charge in [0.25, 0.3) is 5.88 Å². The first kappa shape index (κ1) is 11.2. The molecule has 3 rings (SSSR count). The second-order valence-electron chi connectivity index (χ2n) is 3.66. The first-order valence-electron chi connectivity index (χ1n) is 5.21. The Balaban J connectivity index is 2.01. The van der Waals surface area contributed by atoms with Crippen molar-refractivity contribution in [2.75, 3.05) is 0 Å². The van der Waals surface area contributed by atoms with E-state index in [0.29, 0.717) is 21.7 Å². The molecular weight excluding hydrogens is 301 g/mol. The van der Waals surface area contributed by atoms with Crippen LogP contribution in [0.4, 0.5) is 4.39 Å². The Morgan fingerprint density at radius 3 is 2.83 bits per heavy atom. The van der Waals surface area contributed by atoms with Crippen LogP contribution < -0.4 is 4.74 Å². The van der Waals surface area contributed by atoms with E-state index in [-0.39, 0.29) is 5.82 Å². The number of aromatic nitrogens is 1. The Bertz CT molecular complexity index is 711. The van der Waals surface area contributed by atoms with Gasteiger partial charge in [-0.15, -0.1) is 0 Å². The molecule has 0 saturated carbocycles. The molecule has 1 aromatic heterocycles. The summed E-state index contributed by atoms with van der Waals surface area (Å²) in [6.45, 7) is 0. The van der Waals surface area contributed by atoms with Crippen LogP contribution in [0.5, 0.6) is 11.6 Å². The largest absolute Gasteiger partial charge is 0.435 e. The van der Waals surface area contributed by atoms with E-state index < -0.39 is 0 Å². The zero-order chi connectivity index (χ0) is 12.5. The van der Waals surface area contributed by atoms with Gasteiger partial charge < -0.3 is 9.26 Å². The van der Waals surface area contributed by atoms with E-state index in [0.717, 1.165) is 5.39 Å². The Morgan fingerprint density at radius 1 is 1.17 bits per heavy atom. The van der Waals surface area contributed by atoms with Gasteiger partial charge in [0.15, 0.2) is 5.58 Å². The summed E-state index contributed by atoms with van der Waals surface area (Å²) in [6.07, 6.45) is 0. The normalized spacial score (nSPS) is 10.8. The standard InChI is InChI=1S/C13H7BrFNO2/c14-10-7-8(15)5-6-12(10)17-13-9-3-1-2-4-11(9)18-16-13/h1-7H. The molecule has 0 bridgehead atoms. The molecule has 90 valence electrons. The lowest BCUT2D eigenvalue weighted by atomic mass is 10.2. The van der Waals surface area contributed by atoms with Crippen LogP contribution in [0.1, 0.15) is 0 Å². The highest BCUT2D eigenvalue weighted by atomic mass is 79.9. The molecule has 0 atom stereocenters. The van der Waals surface area contributed by atoms with Crippen molar-refractivity contribution in [3.05, 3.63) is 52.8 Å². The zero-order valence-corrected chi connectivity index (χ0v) is 10.6. The van der Waals surface area contributed by atoms with Gasteiger partial charge in [-0.3, -0.25) is 0 Å². The Kier molecular flexibility index (Phi) is 2.76. The van der Waals surface area contributed by atoms with Crippen LogP contribution in [0.15, 0.2) is 51.5 Å². The van der Waals surface area contributed by atoms with Gasteiger partial charge in [-0.25, -0.2) is 4.39 Å². The van der Waals surface area contributed by atoms with Gasteiger partial charge in [0.05, 0.1) is 9.86 Å². The minimum atomic E-state index is -0.334. The summed E-state index contributed by atoms with van der Waals surface area (Å²) in [6, 6.07) is 11.5. The van der Waals surface area contributed by atoms with E-state index in [1.165, 1.54) is 18.2 Å². The summed E-state index contributed by atoms with van der Waals surface area (Å²) in [5, 5.41) is 4.61. The average molecular weight is 308 g/mol. The Labute approximate surface area is 110 Å². The number of ether oxygens (including phenoxy) is 1. The monoisotopic (exact) mass is 307 g/mol. The number of hydrogen-bond acceptors (Lipinski definition) is 3. The highest BCUT2D eigenvalue weighted by molar-refractivity contribution is 9.10. The Hall–Kier alpha value is -1.88. The number of para-hydroxylation sites is 1. The van der Waals surface area contributed by atoms with Crippen LogP contribution >= 0.6 is 15.9 Å². The molecule has 0 unspecified atom stereocenters. The Morgan fingerprint density at radius 2 is 2.00 bits per heavy atom. The molecule has 2 aromatic carbocycles. The predicted molar refractivity (Wildman–Crippen MR) is 68.2 cm³/mol. The molecule has 0 amide bonds. The van der Waals surface area contributed by atoms with E-state index >= 15 is 0 Å². The van der Waals surface area contributed by atoms with Gasteiger partial charge in [0.2, 0.25) is 0 Å².